The predicted molar refractivity (Wildman–Crippen MR) is 117 cm³/mol. The molecule has 0 spiro atoms. The number of rotatable bonds is 10. The van der Waals surface area contributed by atoms with Crippen LogP contribution in [0.5, 0.6) is 5.75 Å². The Hall–Kier alpha value is -2.25. The highest BCUT2D eigenvalue weighted by molar-refractivity contribution is 7.92. The summed E-state index contributed by atoms with van der Waals surface area (Å²) in [7, 11) is -3.48. The Morgan fingerprint density at radius 2 is 1.93 bits per heavy atom. The lowest BCUT2D eigenvalue weighted by molar-refractivity contribution is -0.121. The average Bonchev–Trinajstić information content (AvgIpc) is 2.64. The number of carbonyl (C=O) groups excluding carboxylic acids is 1. The van der Waals surface area contributed by atoms with Gasteiger partial charge in [0.1, 0.15) is 12.4 Å². The maximum atomic E-state index is 12.1. The number of nitrogens with zero attached hydrogens (tertiary/aromatic N) is 1. The summed E-state index contributed by atoms with van der Waals surface area (Å²) in [5.74, 6) is 0.619. The second kappa shape index (κ2) is 10.5. The van der Waals surface area contributed by atoms with Crippen molar-refractivity contribution in [3.05, 3.63) is 58.6 Å². The first-order valence-electron chi connectivity index (χ1n) is 9.37. The van der Waals surface area contributed by atoms with Gasteiger partial charge in [0, 0.05) is 18.0 Å². The average molecular weight is 439 g/mol. The number of benzene rings is 2. The minimum Gasteiger partial charge on any atom is -0.492 e. The zero-order valence-corrected chi connectivity index (χ0v) is 18.5. The lowest BCUT2D eigenvalue weighted by atomic mass is 10.2. The van der Waals surface area contributed by atoms with Gasteiger partial charge in [-0.2, -0.15) is 0 Å². The van der Waals surface area contributed by atoms with E-state index in [4.69, 9.17) is 16.3 Å². The van der Waals surface area contributed by atoms with Crippen molar-refractivity contribution in [1.82, 2.24) is 5.32 Å². The van der Waals surface area contributed by atoms with E-state index < -0.39 is 10.0 Å². The molecular weight excluding hydrogens is 412 g/mol. The van der Waals surface area contributed by atoms with Crippen LogP contribution in [0.1, 0.15) is 24.0 Å². The molecule has 0 saturated heterocycles. The van der Waals surface area contributed by atoms with E-state index in [1.54, 1.807) is 18.2 Å². The lowest BCUT2D eigenvalue weighted by Gasteiger charge is -2.23. The molecule has 0 atom stereocenters. The maximum Gasteiger partial charge on any atom is 0.232 e. The highest BCUT2D eigenvalue weighted by Gasteiger charge is 2.18. The Balaban J connectivity index is 1.78. The third-order valence-electron chi connectivity index (χ3n) is 4.29. The van der Waals surface area contributed by atoms with Crippen molar-refractivity contribution >= 4 is 33.2 Å². The van der Waals surface area contributed by atoms with Gasteiger partial charge in [0.05, 0.1) is 18.5 Å². The monoisotopic (exact) mass is 438 g/mol. The molecule has 8 heteroatoms. The van der Waals surface area contributed by atoms with E-state index in [1.807, 2.05) is 38.1 Å². The molecule has 0 aromatic heterocycles. The number of carbonyl (C=O) groups is 1. The number of halogens is 1. The van der Waals surface area contributed by atoms with Crippen molar-refractivity contribution in [1.29, 1.82) is 0 Å². The van der Waals surface area contributed by atoms with Gasteiger partial charge in [0.2, 0.25) is 15.9 Å². The standard InChI is InChI=1S/C21H27ClN2O4S/c1-16-6-4-7-19(14-16)28-13-11-23-21(25)8-5-12-24(29(3,26)27)18-10-9-17(2)20(22)15-18/h4,6-7,9-10,14-15H,5,8,11-13H2,1-3H3,(H,23,25). The molecule has 0 aliphatic heterocycles. The number of ether oxygens (including phenoxy) is 1. The number of aryl methyl sites for hydroxylation is 2. The van der Waals surface area contributed by atoms with E-state index in [-0.39, 0.29) is 18.9 Å². The molecular formula is C21H27ClN2O4S. The Labute approximate surface area is 177 Å². The Morgan fingerprint density at radius 1 is 1.17 bits per heavy atom. The Morgan fingerprint density at radius 3 is 2.59 bits per heavy atom. The predicted octanol–water partition coefficient (Wildman–Crippen LogP) is 3.70. The topological polar surface area (TPSA) is 75.7 Å². The zero-order valence-electron chi connectivity index (χ0n) is 16.9. The first-order valence-corrected chi connectivity index (χ1v) is 11.6. The van der Waals surface area contributed by atoms with Gasteiger partial charge >= 0.3 is 0 Å². The fraction of sp³-hybridized carbons (Fsp3) is 0.381. The number of hydrogen-bond acceptors (Lipinski definition) is 4. The maximum absolute atomic E-state index is 12.1. The van der Waals surface area contributed by atoms with E-state index >= 15 is 0 Å². The van der Waals surface area contributed by atoms with Crippen LogP contribution in [0.15, 0.2) is 42.5 Å². The van der Waals surface area contributed by atoms with Crippen LogP contribution in [0, 0.1) is 13.8 Å². The molecule has 158 valence electrons. The van der Waals surface area contributed by atoms with Gasteiger partial charge in [-0.15, -0.1) is 0 Å². The Bertz CT molecular complexity index is 947. The summed E-state index contributed by atoms with van der Waals surface area (Å²) in [4.78, 5) is 12.0. The van der Waals surface area contributed by atoms with E-state index in [1.165, 1.54) is 4.31 Å². The first kappa shape index (κ1) is 23.0. The molecule has 0 bridgehead atoms. The van der Waals surface area contributed by atoms with Crippen molar-refractivity contribution < 1.29 is 17.9 Å². The van der Waals surface area contributed by atoms with Crippen LogP contribution >= 0.6 is 11.6 Å². The molecule has 0 saturated carbocycles. The van der Waals surface area contributed by atoms with Gasteiger partial charge in [-0.25, -0.2) is 8.42 Å². The van der Waals surface area contributed by atoms with Crippen LogP contribution in [0.2, 0.25) is 5.02 Å². The van der Waals surface area contributed by atoms with Crippen molar-refractivity contribution in [2.45, 2.75) is 26.7 Å². The summed E-state index contributed by atoms with van der Waals surface area (Å²) in [6.07, 6.45) is 1.75. The van der Waals surface area contributed by atoms with Crippen LogP contribution in [-0.4, -0.2) is 40.3 Å². The summed E-state index contributed by atoms with van der Waals surface area (Å²) in [5.41, 5.74) is 2.48. The zero-order chi connectivity index (χ0) is 21.4. The minimum absolute atomic E-state index is 0.145. The van der Waals surface area contributed by atoms with Gasteiger partial charge in [-0.05, 0) is 55.7 Å². The van der Waals surface area contributed by atoms with Crippen molar-refractivity contribution in [2.75, 3.05) is 30.3 Å². The van der Waals surface area contributed by atoms with Crippen LogP contribution in [-0.2, 0) is 14.8 Å². The molecule has 29 heavy (non-hydrogen) atoms. The van der Waals surface area contributed by atoms with E-state index in [2.05, 4.69) is 5.32 Å². The van der Waals surface area contributed by atoms with Crippen molar-refractivity contribution in [2.24, 2.45) is 0 Å². The third-order valence-corrected chi connectivity index (χ3v) is 5.89. The highest BCUT2D eigenvalue weighted by Crippen LogP contribution is 2.25. The third kappa shape index (κ3) is 7.59. The largest absolute Gasteiger partial charge is 0.492 e. The lowest BCUT2D eigenvalue weighted by Crippen LogP contribution is -2.33. The minimum atomic E-state index is -3.48. The van der Waals surface area contributed by atoms with Gasteiger partial charge in [-0.3, -0.25) is 9.10 Å². The number of nitrogens with one attached hydrogen (secondary N) is 1. The van der Waals surface area contributed by atoms with Crippen molar-refractivity contribution in [3.8, 4) is 5.75 Å². The van der Waals surface area contributed by atoms with E-state index in [9.17, 15) is 13.2 Å². The van der Waals surface area contributed by atoms with Gasteiger partial charge in [0.25, 0.3) is 0 Å². The first-order chi connectivity index (χ1) is 13.7. The molecule has 0 aliphatic carbocycles. The second-order valence-corrected chi connectivity index (χ2v) is 9.20. The molecule has 2 aromatic rings. The molecule has 2 aromatic carbocycles. The van der Waals surface area contributed by atoms with E-state index in [0.29, 0.717) is 30.3 Å². The molecule has 2 rings (SSSR count). The van der Waals surface area contributed by atoms with Gasteiger partial charge in [-0.1, -0.05) is 29.8 Å². The molecule has 0 heterocycles. The van der Waals surface area contributed by atoms with Gasteiger partial charge < -0.3 is 10.1 Å². The molecule has 6 nitrogen and oxygen atoms in total. The molecule has 0 aliphatic rings. The van der Waals surface area contributed by atoms with Crippen molar-refractivity contribution in [3.63, 3.8) is 0 Å². The van der Waals surface area contributed by atoms with Crippen LogP contribution < -0.4 is 14.4 Å². The van der Waals surface area contributed by atoms with Crippen LogP contribution in [0.4, 0.5) is 5.69 Å². The quantitative estimate of drug-likeness (QED) is 0.574. The van der Waals surface area contributed by atoms with Crippen LogP contribution in [0.25, 0.3) is 0 Å². The summed E-state index contributed by atoms with van der Waals surface area (Å²) >= 11 is 6.12. The highest BCUT2D eigenvalue weighted by atomic mass is 35.5. The normalized spacial score (nSPS) is 11.2. The summed E-state index contributed by atoms with van der Waals surface area (Å²) < 4.78 is 31.1. The van der Waals surface area contributed by atoms with Gasteiger partial charge in [0.15, 0.2) is 0 Å². The summed E-state index contributed by atoms with van der Waals surface area (Å²) in [6.45, 7) is 4.79. The molecule has 0 fully saturated rings. The molecule has 1 amide bonds. The smallest absolute Gasteiger partial charge is 0.232 e. The van der Waals surface area contributed by atoms with Crippen LogP contribution in [0.3, 0.4) is 0 Å². The second-order valence-electron chi connectivity index (χ2n) is 6.89. The summed E-state index contributed by atoms with van der Waals surface area (Å²) in [5, 5.41) is 3.29. The number of anilines is 1. The fourth-order valence-electron chi connectivity index (χ4n) is 2.76. The van der Waals surface area contributed by atoms with E-state index in [0.717, 1.165) is 23.1 Å². The molecule has 0 unspecified atom stereocenters. The SMILES string of the molecule is Cc1cccc(OCCNC(=O)CCCN(c2ccc(C)c(Cl)c2)S(C)(=O)=O)c1. The number of sulfonamides is 1. The number of amides is 1. The summed E-state index contributed by atoms with van der Waals surface area (Å²) in [6, 6.07) is 12.8. The molecule has 1 N–H and O–H groups in total. The molecule has 0 radical (unpaired) electrons. The number of hydrogen-bond donors (Lipinski definition) is 1. The fourth-order valence-corrected chi connectivity index (χ4v) is 3.89. The Kier molecular flexibility index (Phi) is 8.34.